The first-order chi connectivity index (χ1) is 9.95. The Morgan fingerprint density at radius 2 is 2.19 bits per heavy atom. The van der Waals surface area contributed by atoms with Crippen LogP contribution in [0.25, 0.3) is 0 Å². The molecule has 0 aromatic carbocycles. The summed E-state index contributed by atoms with van der Waals surface area (Å²) < 4.78 is 0. The predicted octanol–water partition coefficient (Wildman–Crippen LogP) is 0.433. The van der Waals surface area contributed by atoms with Gasteiger partial charge in [0, 0.05) is 13.6 Å². The molecule has 2 aliphatic rings. The lowest BCUT2D eigenvalue weighted by atomic mass is 10.1. The lowest BCUT2D eigenvalue weighted by Crippen LogP contribution is -2.63. The quantitative estimate of drug-likeness (QED) is 0.762. The van der Waals surface area contributed by atoms with Crippen LogP contribution >= 0.6 is 11.8 Å². The molecule has 1 fully saturated rings. The maximum atomic E-state index is 12.1. The molecule has 0 aromatic heterocycles. The van der Waals surface area contributed by atoms with E-state index in [-0.39, 0.29) is 11.7 Å². The molecule has 0 spiro atoms. The van der Waals surface area contributed by atoms with Crippen LogP contribution in [0.2, 0.25) is 0 Å². The first-order valence-electron chi connectivity index (χ1n) is 6.61. The molecule has 0 radical (unpaired) electrons. The molecular formula is C13H18N4O3S. The minimum absolute atomic E-state index is 0.0393. The predicted molar refractivity (Wildman–Crippen MR) is 81.0 cm³/mol. The van der Waals surface area contributed by atoms with Crippen LogP contribution in [0.15, 0.2) is 17.1 Å². The average Bonchev–Trinajstić information content (AvgIpc) is 2.79. The van der Waals surface area contributed by atoms with E-state index in [4.69, 9.17) is 0 Å². The van der Waals surface area contributed by atoms with E-state index in [9.17, 15) is 14.4 Å². The van der Waals surface area contributed by atoms with Gasteiger partial charge in [-0.2, -0.15) is 0 Å². The number of hydrogen-bond donors (Lipinski definition) is 1. The highest BCUT2D eigenvalue weighted by Gasteiger charge is 2.48. The molecule has 7 nitrogen and oxygen atoms in total. The van der Waals surface area contributed by atoms with Gasteiger partial charge in [-0.1, -0.05) is 23.9 Å². The average molecular weight is 310 g/mol. The van der Waals surface area contributed by atoms with Crippen LogP contribution in [-0.2, 0) is 9.59 Å². The van der Waals surface area contributed by atoms with Gasteiger partial charge in [0.15, 0.2) is 17.4 Å². The summed E-state index contributed by atoms with van der Waals surface area (Å²) in [6, 6.07) is -0.993. The molecule has 0 aromatic rings. The number of Topliss-reactive ketones (excluding diaryl/α,β-unsaturated/α-hetero) is 1. The summed E-state index contributed by atoms with van der Waals surface area (Å²) in [5.41, 5.74) is 0. The number of thioether (sulfide) groups is 1. The molecule has 1 saturated heterocycles. The first kappa shape index (κ1) is 15.6. The van der Waals surface area contributed by atoms with E-state index < -0.39 is 18.2 Å². The van der Waals surface area contributed by atoms with Crippen molar-refractivity contribution in [3.8, 4) is 0 Å². The second-order valence-corrected chi connectivity index (χ2v) is 5.83. The lowest BCUT2D eigenvalue weighted by molar-refractivity contribution is -0.126. The standard InChI is InChI=1S/C13H18N4O3S/c1-4-5-6-17-9-10(14-13(17)21-7-8(2)18)16(3)12(20)15-11(9)19/h4-5,9-10H,6-7H2,1-3H3,(H,15,19,20)/b5-4+. The number of aliphatic imine (C=N–C) groups is 1. The SMILES string of the molecule is C/C=C/CN1C(SCC(C)=O)=NC2C1C(=O)NC(=O)N2C. The zero-order valence-electron chi connectivity index (χ0n) is 12.2. The third-order valence-corrected chi connectivity index (χ3v) is 4.41. The number of rotatable bonds is 4. The molecule has 1 N–H and O–H groups in total. The summed E-state index contributed by atoms with van der Waals surface area (Å²) in [5, 5.41) is 2.95. The molecule has 2 aliphatic heterocycles. The normalized spacial score (nSPS) is 25.2. The van der Waals surface area contributed by atoms with Crippen molar-refractivity contribution >= 4 is 34.7 Å². The van der Waals surface area contributed by atoms with E-state index in [2.05, 4.69) is 10.3 Å². The Hall–Kier alpha value is -1.83. The molecule has 0 saturated carbocycles. The number of allylic oxidation sites excluding steroid dienone is 1. The summed E-state index contributed by atoms with van der Waals surface area (Å²) in [4.78, 5) is 42.7. The van der Waals surface area contributed by atoms with Crippen molar-refractivity contribution in [2.75, 3.05) is 19.3 Å². The minimum Gasteiger partial charge on any atom is -0.332 e. The molecule has 2 rings (SSSR count). The fraction of sp³-hybridized carbons (Fsp3) is 0.538. The third kappa shape index (κ3) is 3.10. The van der Waals surface area contributed by atoms with Gasteiger partial charge >= 0.3 is 6.03 Å². The maximum Gasteiger partial charge on any atom is 0.325 e. The Morgan fingerprint density at radius 3 is 2.81 bits per heavy atom. The van der Waals surface area contributed by atoms with Crippen LogP contribution in [0, 0.1) is 0 Å². The zero-order chi connectivity index (χ0) is 15.6. The fourth-order valence-electron chi connectivity index (χ4n) is 2.20. The van der Waals surface area contributed by atoms with Gasteiger partial charge in [-0.25, -0.2) is 9.79 Å². The van der Waals surface area contributed by atoms with Gasteiger partial charge in [-0.3, -0.25) is 14.9 Å². The second kappa shape index (κ2) is 6.30. The molecule has 21 heavy (non-hydrogen) atoms. The van der Waals surface area contributed by atoms with Crippen LogP contribution < -0.4 is 5.32 Å². The molecule has 2 unspecified atom stereocenters. The van der Waals surface area contributed by atoms with Gasteiger partial charge in [-0.05, 0) is 13.8 Å². The summed E-state index contributed by atoms with van der Waals surface area (Å²) in [6.07, 6.45) is 3.26. The van der Waals surface area contributed by atoms with Gasteiger partial charge in [0.2, 0.25) is 0 Å². The number of amidine groups is 1. The molecule has 0 aliphatic carbocycles. The number of ketones is 1. The zero-order valence-corrected chi connectivity index (χ0v) is 13.0. The highest BCUT2D eigenvalue weighted by molar-refractivity contribution is 8.14. The van der Waals surface area contributed by atoms with Crippen molar-refractivity contribution in [3.05, 3.63) is 12.2 Å². The molecule has 2 heterocycles. The van der Waals surface area contributed by atoms with Crippen molar-refractivity contribution in [3.63, 3.8) is 0 Å². The molecule has 114 valence electrons. The van der Waals surface area contributed by atoms with Crippen LogP contribution in [0.4, 0.5) is 4.79 Å². The van der Waals surface area contributed by atoms with Crippen LogP contribution in [0.1, 0.15) is 13.8 Å². The minimum atomic E-state index is -0.543. The number of carbonyl (C=O) groups excluding carboxylic acids is 3. The van der Waals surface area contributed by atoms with Crippen LogP contribution in [-0.4, -0.2) is 64.2 Å². The van der Waals surface area contributed by atoms with E-state index in [1.165, 1.54) is 23.6 Å². The Morgan fingerprint density at radius 1 is 1.48 bits per heavy atom. The topological polar surface area (TPSA) is 82.1 Å². The number of nitrogens with one attached hydrogen (secondary N) is 1. The molecule has 8 heteroatoms. The number of amides is 3. The molecular weight excluding hydrogens is 292 g/mol. The van der Waals surface area contributed by atoms with Gasteiger partial charge < -0.3 is 9.80 Å². The highest BCUT2D eigenvalue weighted by atomic mass is 32.2. The van der Waals surface area contributed by atoms with Gasteiger partial charge in [0.1, 0.15) is 5.78 Å². The van der Waals surface area contributed by atoms with Crippen LogP contribution in [0.3, 0.4) is 0 Å². The van der Waals surface area contributed by atoms with Crippen molar-refractivity contribution in [1.29, 1.82) is 0 Å². The largest absolute Gasteiger partial charge is 0.332 e. The Balaban J connectivity index is 2.26. The second-order valence-electron chi connectivity index (χ2n) is 4.89. The highest BCUT2D eigenvalue weighted by Crippen LogP contribution is 2.28. The van der Waals surface area contributed by atoms with Crippen molar-refractivity contribution in [2.45, 2.75) is 26.1 Å². The number of carbonyl (C=O) groups is 3. The summed E-state index contributed by atoms with van der Waals surface area (Å²) >= 11 is 1.30. The number of hydrogen-bond acceptors (Lipinski definition) is 6. The number of imide groups is 1. The fourth-order valence-corrected chi connectivity index (χ4v) is 3.07. The number of fused-ring (bicyclic) bond motifs is 1. The number of likely N-dealkylation sites (N-methyl/N-ethyl adjacent to an activating group) is 1. The van der Waals surface area contributed by atoms with Gasteiger partial charge in [0.25, 0.3) is 5.91 Å². The Kier molecular flexibility index (Phi) is 4.66. The lowest BCUT2D eigenvalue weighted by Gasteiger charge is -2.35. The van der Waals surface area contributed by atoms with Gasteiger partial charge in [-0.15, -0.1) is 0 Å². The third-order valence-electron chi connectivity index (χ3n) is 3.26. The molecule has 2 atom stereocenters. The number of nitrogens with zero attached hydrogens (tertiary/aromatic N) is 3. The Bertz CT molecular complexity index is 532. The molecule has 0 bridgehead atoms. The van der Waals surface area contributed by atoms with E-state index in [1.54, 1.807) is 7.05 Å². The van der Waals surface area contributed by atoms with Gasteiger partial charge in [0.05, 0.1) is 5.75 Å². The van der Waals surface area contributed by atoms with Crippen molar-refractivity contribution < 1.29 is 14.4 Å². The first-order valence-corrected chi connectivity index (χ1v) is 7.59. The van der Waals surface area contributed by atoms with Crippen LogP contribution in [0.5, 0.6) is 0 Å². The summed E-state index contributed by atoms with van der Waals surface area (Å²) in [5.74, 6) is -0.0172. The molecule has 3 amide bonds. The number of urea groups is 1. The van der Waals surface area contributed by atoms with Crippen molar-refractivity contribution in [2.24, 2.45) is 4.99 Å². The monoisotopic (exact) mass is 310 g/mol. The van der Waals surface area contributed by atoms with Crippen molar-refractivity contribution in [1.82, 2.24) is 15.1 Å². The maximum absolute atomic E-state index is 12.1. The summed E-state index contributed by atoms with van der Waals surface area (Å²) in [7, 11) is 1.61. The smallest absolute Gasteiger partial charge is 0.325 e. The van der Waals surface area contributed by atoms with E-state index >= 15 is 0 Å². The van der Waals surface area contributed by atoms with E-state index in [0.29, 0.717) is 17.5 Å². The van der Waals surface area contributed by atoms with E-state index in [0.717, 1.165) is 0 Å². The summed E-state index contributed by atoms with van der Waals surface area (Å²) in [6.45, 7) is 3.91. The van der Waals surface area contributed by atoms with E-state index in [1.807, 2.05) is 24.0 Å². The Labute approximate surface area is 127 Å².